The highest BCUT2D eigenvalue weighted by Gasteiger charge is 2.10. The Morgan fingerprint density at radius 2 is 1.23 bits per heavy atom. The van der Waals surface area contributed by atoms with Crippen molar-refractivity contribution in [3.63, 3.8) is 0 Å². The first-order chi connectivity index (χ1) is 14.5. The summed E-state index contributed by atoms with van der Waals surface area (Å²) in [6.45, 7) is 7.83. The van der Waals surface area contributed by atoms with Crippen molar-refractivity contribution in [2.75, 3.05) is 27.7 Å². The first-order valence-corrected chi connectivity index (χ1v) is 13.8. The molecular weight excluding hydrogens is 406 g/mol. The molecule has 0 spiro atoms. The SMILES string of the molecule is CCCC(C)c1ccc(S(=O)(=O)O)cc1.CCCCCCCCCCCC[N+](C)(C)C. The molecule has 0 heterocycles. The van der Waals surface area contributed by atoms with Crippen LogP contribution in [0.1, 0.15) is 109 Å². The van der Waals surface area contributed by atoms with Crippen molar-refractivity contribution in [1.82, 2.24) is 0 Å². The lowest BCUT2D eigenvalue weighted by Crippen LogP contribution is -2.35. The van der Waals surface area contributed by atoms with E-state index in [0.717, 1.165) is 22.9 Å². The summed E-state index contributed by atoms with van der Waals surface area (Å²) in [7, 11) is 2.80. The number of hydrogen-bond donors (Lipinski definition) is 1. The Kier molecular flexibility index (Phi) is 16.2. The monoisotopic (exact) mass is 456 g/mol. The minimum Gasteiger partial charge on any atom is -0.331 e. The molecule has 0 radical (unpaired) electrons. The van der Waals surface area contributed by atoms with Gasteiger partial charge in [-0.2, -0.15) is 8.42 Å². The lowest BCUT2D eigenvalue weighted by molar-refractivity contribution is -0.870. The summed E-state index contributed by atoms with van der Waals surface area (Å²) in [6, 6.07) is 6.39. The Hall–Kier alpha value is -0.910. The van der Waals surface area contributed by atoms with E-state index in [0.29, 0.717) is 5.92 Å². The van der Waals surface area contributed by atoms with Crippen LogP contribution in [0.3, 0.4) is 0 Å². The van der Waals surface area contributed by atoms with Crippen LogP contribution in [0.2, 0.25) is 0 Å². The van der Waals surface area contributed by atoms with Gasteiger partial charge in [0.25, 0.3) is 10.1 Å². The molecule has 0 aliphatic rings. The summed E-state index contributed by atoms with van der Waals surface area (Å²) < 4.78 is 31.5. The van der Waals surface area contributed by atoms with Crippen LogP contribution in [0.15, 0.2) is 29.2 Å². The zero-order valence-corrected chi connectivity index (χ0v) is 22.0. The van der Waals surface area contributed by atoms with Gasteiger partial charge in [-0.15, -0.1) is 0 Å². The van der Waals surface area contributed by atoms with Gasteiger partial charge in [0.2, 0.25) is 0 Å². The molecule has 1 aromatic rings. The van der Waals surface area contributed by atoms with Gasteiger partial charge in [-0.1, -0.05) is 90.7 Å². The highest BCUT2D eigenvalue weighted by molar-refractivity contribution is 7.85. The smallest absolute Gasteiger partial charge is 0.294 e. The third-order valence-corrected chi connectivity index (χ3v) is 6.52. The number of unbranched alkanes of at least 4 members (excludes halogenated alkanes) is 9. The molecule has 31 heavy (non-hydrogen) atoms. The van der Waals surface area contributed by atoms with Gasteiger partial charge in [-0.05, 0) is 42.9 Å². The fourth-order valence-electron chi connectivity index (χ4n) is 3.64. The standard InChI is InChI=1S/C15H34N.C11H16O3S/c1-5-6-7-8-9-10-11-12-13-14-15-16(2,3)4;1-3-4-9(2)10-5-7-11(8-6-10)15(12,13)14/h5-15H2,1-4H3;5-9H,3-4H2,1-2H3,(H,12,13,14)/q+1;. The van der Waals surface area contributed by atoms with Gasteiger partial charge in [0, 0.05) is 0 Å². The van der Waals surface area contributed by atoms with Crippen molar-refractivity contribution in [3.8, 4) is 0 Å². The van der Waals surface area contributed by atoms with Crippen LogP contribution < -0.4 is 0 Å². The van der Waals surface area contributed by atoms with E-state index in [1.165, 1.54) is 82.9 Å². The highest BCUT2D eigenvalue weighted by atomic mass is 32.2. The van der Waals surface area contributed by atoms with E-state index in [9.17, 15) is 8.42 Å². The normalized spacial score (nSPS) is 12.9. The van der Waals surface area contributed by atoms with Crippen molar-refractivity contribution < 1.29 is 17.5 Å². The molecule has 0 saturated heterocycles. The molecule has 1 atom stereocenters. The van der Waals surface area contributed by atoms with Gasteiger partial charge >= 0.3 is 0 Å². The van der Waals surface area contributed by atoms with E-state index in [1.54, 1.807) is 12.1 Å². The number of hydrogen-bond acceptors (Lipinski definition) is 2. The van der Waals surface area contributed by atoms with Crippen molar-refractivity contribution in [2.45, 2.75) is 109 Å². The first kappa shape index (κ1) is 30.1. The molecular formula is C26H50NO3S+. The molecule has 0 aliphatic heterocycles. The number of rotatable bonds is 15. The molecule has 1 N–H and O–H groups in total. The molecule has 1 aromatic carbocycles. The summed E-state index contributed by atoms with van der Waals surface area (Å²) in [5, 5.41) is 0. The average molecular weight is 457 g/mol. The molecule has 5 heteroatoms. The van der Waals surface area contributed by atoms with Crippen LogP contribution in [0, 0.1) is 0 Å². The summed E-state index contributed by atoms with van der Waals surface area (Å²) >= 11 is 0. The first-order valence-electron chi connectivity index (χ1n) is 12.4. The maximum atomic E-state index is 10.8. The van der Waals surface area contributed by atoms with Gasteiger partial charge in [0.05, 0.1) is 32.6 Å². The van der Waals surface area contributed by atoms with E-state index in [1.807, 2.05) is 0 Å². The molecule has 0 fully saturated rings. The van der Waals surface area contributed by atoms with Crippen molar-refractivity contribution in [2.24, 2.45) is 0 Å². The number of nitrogens with zero attached hydrogens (tertiary/aromatic N) is 1. The Balaban J connectivity index is 0.000000581. The van der Waals surface area contributed by atoms with E-state index in [-0.39, 0.29) is 4.90 Å². The van der Waals surface area contributed by atoms with Gasteiger partial charge in [-0.3, -0.25) is 4.55 Å². The fourth-order valence-corrected chi connectivity index (χ4v) is 4.12. The van der Waals surface area contributed by atoms with Crippen molar-refractivity contribution >= 4 is 10.1 Å². The molecule has 0 aliphatic carbocycles. The quantitative estimate of drug-likeness (QED) is 0.169. The second-order valence-corrected chi connectivity index (χ2v) is 11.4. The Labute approximate surface area is 193 Å². The Morgan fingerprint density at radius 1 is 0.774 bits per heavy atom. The minimum absolute atomic E-state index is 0.0463. The van der Waals surface area contributed by atoms with Crippen LogP contribution in [0.4, 0.5) is 0 Å². The lowest BCUT2D eigenvalue weighted by atomic mass is 9.97. The summed E-state index contributed by atoms with van der Waals surface area (Å²) in [6.07, 6.45) is 16.6. The molecule has 0 bridgehead atoms. The van der Waals surface area contributed by atoms with Crippen LogP contribution in [-0.4, -0.2) is 45.1 Å². The van der Waals surface area contributed by atoms with Crippen LogP contribution >= 0.6 is 0 Å². The predicted octanol–water partition coefficient (Wildman–Crippen LogP) is 7.45. The van der Waals surface area contributed by atoms with E-state index >= 15 is 0 Å². The lowest BCUT2D eigenvalue weighted by Gasteiger charge is -2.23. The van der Waals surface area contributed by atoms with Gasteiger partial charge in [-0.25, -0.2) is 0 Å². The predicted molar refractivity (Wildman–Crippen MR) is 134 cm³/mol. The van der Waals surface area contributed by atoms with Crippen LogP contribution in [0.5, 0.6) is 0 Å². The van der Waals surface area contributed by atoms with Crippen molar-refractivity contribution in [3.05, 3.63) is 29.8 Å². The molecule has 4 nitrogen and oxygen atoms in total. The molecule has 1 unspecified atom stereocenters. The van der Waals surface area contributed by atoms with Crippen LogP contribution in [-0.2, 0) is 10.1 Å². The molecule has 0 saturated carbocycles. The van der Waals surface area contributed by atoms with Gasteiger partial charge in [0.1, 0.15) is 0 Å². The fraction of sp³-hybridized carbons (Fsp3) is 0.769. The maximum absolute atomic E-state index is 10.8. The molecule has 0 amide bonds. The molecule has 182 valence electrons. The third-order valence-electron chi connectivity index (χ3n) is 5.65. The zero-order valence-electron chi connectivity index (χ0n) is 21.2. The van der Waals surface area contributed by atoms with E-state index < -0.39 is 10.1 Å². The second-order valence-electron chi connectivity index (χ2n) is 9.93. The van der Waals surface area contributed by atoms with Crippen LogP contribution in [0.25, 0.3) is 0 Å². The van der Waals surface area contributed by atoms with Gasteiger partial charge in [0.15, 0.2) is 0 Å². The van der Waals surface area contributed by atoms with Crippen molar-refractivity contribution in [1.29, 1.82) is 0 Å². The Morgan fingerprint density at radius 3 is 1.61 bits per heavy atom. The molecule has 0 aromatic heterocycles. The third kappa shape index (κ3) is 17.3. The topological polar surface area (TPSA) is 54.4 Å². The van der Waals surface area contributed by atoms with Gasteiger partial charge < -0.3 is 4.48 Å². The maximum Gasteiger partial charge on any atom is 0.294 e. The largest absolute Gasteiger partial charge is 0.331 e. The van der Waals surface area contributed by atoms with E-state index in [4.69, 9.17) is 4.55 Å². The summed E-state index contributed by atoms with van der Waals surface area (Å²) in [4.78, 5) is -0.0463. The summed E-state index contributed by atoms with van der Waals surface area (Å²) in [5.41, 5.74) is 1.10. The molecule has 1 rings (SSSR count). The highest BCUT2D eigenvalue weighted by Crippen LogP contribution is 2.21. The Bertz CT molecular complexity index is 648. The zero-order chi connectivity index (χ0) is 23.8. The minimum atomic E-state index is -4.06. The second kappa shape index (κ2) is 16.7. The number of benzene rings is 1. The average Bonchev–Trinajstić information content (AvgIpc) is 2.69. The summed E-state index contributed by atoms with van der Waals surface area (Å²) in [5.74, 6) is 0.422. The number of quaternary nitrogens is 1. The van der Waals surface area contributed by atoms with E-state index in [2.05, 4.69) is 41.9 Å².